The summed E-state index contributed by atoms with van der Waals surface area (Å²) in [5.74, 6) is 0.523. The van der Waals surface area contributed by atoms with Crippen molar-refractivity contribution in [1.29, 1.82) is 0 Å². The lowest BCUT2D eigenvalue weighted by molar-refractivity contribution is 0.0937. The Hall–Kier alpha value is -2.90. The lowest BCUT2D eigenvalue weighted by Crippen LogP contribution is -2.29. The minimum absolute atomic E-state index is 0.00961. The molecule has 0 saturated carbocycles. The monoisotopic (exact) mass is 440 g/mol. The fraction of sp³-hybridized carbons (Fsp3) is 0.182. The lowest BCUT2D eigenvalue weighted by Gasteiger charge is -2.15. The number of rotatable bonds is 9. The number of Topliss-reactive ketones (excluding diaryl/α,β-unsaturated/α-hetero) is 1. The first kappa shape index (κ1) is 21.8. The maximum Gasteiger partial charge on any atom is 0.253 e. The maximum absolute atomic E-state index is 12.6. The highest BCUT2D eigenvalue weighted by molar-refractivity contribution is 7.99. The number of hydrogen-bond donors (Lipinski definition) is 1. The number of allylic oxidation sites excluding steroid dienone is 1. The highest BCUT2D eigenvalue weighted by atomic mass is 35.5. The molecule has 0 unspecified atom stereocenters. The van der Waals surface area contributed by atoms with E-state index in [1.165, 1.54) is 11.8 Å². The van der Waals surface area contributed by atoms with Crippen molar-refractivity contribution in [3.8, 4) is 0 Å². The fourth-order valence-electron chi connectivity index (χ4n) is 2.85. The van der Waals surface area contributed by atoms with Gasteiger partial charge >= 0.3 is 0 Å². The molecule has 0 aliphatic rings. The van der Waals surface area contributed by atoms with Crippen molar-refractivity contribution in [2.24, 2.45) is 0 Å². The summed E-state index contributed by atoms with van der Waals surface area (Å²) in [5.41, 5.74) is 1.05. The van der Waals surface area contributed by atoms with Crippen LogP contribution in [0.1, 0.15) is 39.5 Å². The van der Waals surface area contributed by atoms with Crippen LogP contribution in [-0.4, -0.2) is 32.2 Å². The van der Waals surface area contributed by atoms with Crippen LogP contribution >= 0.6 is 23.4 Å². The lowest BCUT2D eigenvalue weighted by atomic mass is 10.2. The van der Waals surface area contributed by atoms with Crippen LogP contribution in [-0.2, 0) is 6.54 Å². The van der Waals surface area contributed by atoms with Crippen molar-refractivity contribution < 1.29 is 9.59 Å². The molecule has 1 N–H and O–H groups in total. The number of carbonyl (C=O) groups is 2. The van der Waals surface area contributed by atoms with Crippen LogP contribution in [0.4, 0.5) is 0 Å². The molecule has 0 spiro atoms. The first-order chi connectivity index (χ1) is 14.5. The zero-order valence-corrected chi connectivity index (χ0v) is 18.0. The van der Waals surface area contributed by atoms with Gasteiger partial charge in [0, 0.05) is 12.1 Å². The van der Waals surface area contributed by atoms with Gasteiger partial charge in [-0.15, -0.1) is 16.8 Å². The number of halogens is 1. The third kappa shape index (κ3) is 5.17. The van der Waals surface area contributed by atoms with Crippen LogP contribution in [0.25, 0.3) is 0 Å². The molecule has 154 valence electrons. The van der Waals surface area contributed by atoms with Crippen molar-refractivity contribution in [2.45, 2.75) is 24.7 Å². The van der Waals surface area contributed by atoms with E-state index in [1.54, 1.807) is 42.5 Å². The summed E-state index contributed by atoms with van der Waals surface area (Å²) in [6, 6.07) is 15.5. The standard InChI is InChI=1S/C22H21ClN4O2S/c1-3-13-27-20(15(2)24-21(29)17-11-7-8-12-18(17)23)25-26-22(27)30-14-19(28)16-9-5-4-6-10-16/h3-12,15H,1,13-14H2,2H3,(H,24,29)/t15-/m1/s1. The third-order valence-electron chi connectivity index (χ3n) is 4.34. The van der Waals surface area contributed by atoms with E-state index in [1.807, 2.05) is 29.7 Å². The van der Waals surface area contributed by atoms with Crippen LogP contribution < -0.4 is 5.32 Å². The fourth-order valence-corrected chi connectivity index (χ4v) is 3.92. The summed E-state index contributed by atoms with van der Waals surface area (Å²) >= 11 is 7.42. The van der Waals surface area contributed by atoms with E-state index in [9.17, 15) is 9.59 Å². The summed E-state index contributed by atoms with van der Waals surface area (Å²) in [6.07, 6.45) is 1.72. The van der Waals surface area contributed by atoms with Crippen LogP contribution in [0.3, 0.4) is 0 Å². The van der Waals surface area contributed by atoms with Gasteiger partial charge in [0.1, 0.15) is 0 Å². The molecule has 0 aliphatic heterocycles. The van der Waals surface area contributed by atoms with Gasteiger partial charge in [-0.1, -0.05) is 71.9 Å². The van der Waals surface area contributed by atoms with Gasteiger partial charge in [0.25, 0.3) is 5.91 Å². The molecule has 3 rings (SSSR count). The minimum atomic E-state index is -0.416. The Balaban J connectivity index is 1.73. The number of amides is 1. The molecule has 0 bridgehead atoms. The number of thioether (sulfide) groups is 1. The average Bonchev–Trinajstić information content (AvgIpc) is 3.16. The largest absolute Gasteiger partial charge is 0.342 e. The first-order valence-corrected chi connectivity index (χ1v) is 10.7. The van der Waals surface area contributed by atoms with Gasteiger partial charge in [-0.05, 0) is 19.1 Å². The second-order valence-electron chi connectivity index (χ2n) is 6.49. The average molecular weight is 441 g/mol. The number of hydrogen-bond acceptors (Lipinski definition) is 5. The Morgan fingerprint density at radius 2 is 1.87 bits per heavy atom. The molecule has 30 heavy (non-hydrogen) atoms. The molecular formula is C22H21ClN4O2S. The number of aromatic nitrogens is 3. The third-order valence-corrected chi connectivity index (χ3v) is 5.63. The van der Waals surface area contributed by atoms with Crippen molar-refractivity contribution in [3.05, 3.63) is 89.2 Å². The van der Waals surface area contributed by atoms with Crippen molar-refractivity contribution >= 4 is 35.1 Å². The zero-order chi connectivity index (χ0) is 21.5. The Labute approximate surface area is 184 Å². The summed E-state index contributed by atoms with van der Waals surface area (Å²) in [6.45, 7) is 6.06. The quantitative estimate of drug-likeness (QED) is 0.299. The van der Waals surface area contributed by atoms with Gasteiger partial charge < -0.3 is 9.88 Å². The van der Waals surface area contributed by atoms with Crippen LogP contribution in [0.15, 0.2) is 72.4 Å². The Bertz CT molecular complexity index is 1050. The molecule has 0 radical (unpaired) electrons. The van der Waals surface area contributed by atoms with Crippen LogP contribution in [0.5, 0.6) is 0 Å². The smallest absolute Gasteiger partial charge is 0.253 e. The molecule has 6 nitrogen and oxygen atoms in total. The number of carbonyl (C=O) groups excluding carboxylic acids is 2. The maximum atomic E-state index is 12.6. The van der Waals surface area contributed by atoms with Crippen molar-refractivity contribution in [2.75, 3.05) is 5.75 Å². The van der Waals surface area contributed by atoms with Gasteiger partial charge in [-0.2, -0.15) is 0 Å². The highest BCUT2D eigenvalue weighted by Gasteiger charge is 2.21. The van der Waals surface area contributed by atoms with Crippen LogP contribution in [0, 0.1) is 0 Å². The second-order valence-corrected chi connectivity index (χ2v) is 7.84. The zero-order valence-electron chi connectivity index (χ0n) is 16.4. The minimum Gasteiger partial charge on any atom is -0.342 e. The van der Waals surface area contributed by atoms with E-state index in [2.05, 4.69) is 22.1 Å². The second kappa shape index (κ2) is 10.2. The molecule has 1 heterocycles. The van der Waals surface area contributed by atoms with Crippen molar-refractivity contribution in [3.63, 3.8) is 0 Å². The van der Waals surface area contributed by atoms with E-state index in [-0.39, 0.29) is 17.4 Å². The van der Waals surface area contributed by atoms with Gasteiger partial charge in [0.2, 0.25) is 0 Å². The molecule has 2 aromatic carbocycles. The predicted molar refractivity (Wildman–Crippen MR) is 119 cm³/mol. The molecule has 0 aliphatic carbocycles. The molecular weight excluding hydrogens is 420 g/mol. The normalized spacial score (nSPS) is 11.7. The predicted octanol–water partition coefficient (Wildman–Crippen LogP) is 4.58. The van der Waals surface area contributed by atoms with E-state index in [4.69, 9.17) is 11.6 Å². The molecule has 8 heteroatoms. The topological polar surface area (TPSA) is 76.9 Å². The molecule has 0 fully saturated rings. The first-order valence-electron chi connectivity index (χ1n) is 9.31. The van der Waals surface area contributed by atoms with Gasteiger partial charge in [-0.25, -0.2) is 0 Å². The molecule has 1 aromatic heterocycles. The molecule has 1 atom stereocenters. The number of nitrogens with one attached hydrogen (secondary N) is 1. The van der Waals surface area contributed by atoms with Crippen LogP contribution in [0.2, 0.25) is 5.02 Å². The Kier molecular flexibility index (Phi) is 7.43. The van der Waals surface area contributed by atoms with Gasteiger partial charge in [-0.3, -0.25) is 9.59 Å². The van der Waals surface area contributed by atoms with E-state index in [0.717, 1.165) is 0 Å². The van der Waals surface area contributed by atoms with Gasteiger partial charge in [0.15, 0.2) is 16.8 Å². The summed E-state index contributed by atoms with van der Waals surface area (Å²) < 4.78 is 1.84. The summed E-state index contributed by atoms with van der Waals surface area (Å²) in [4.78, 5) is 25.0. The van der Waals surface area contributed by atoms with Crippen molar-refractivity contribution in [1.82, 2.24) is 20.1 Å². The molecule has 0 saturated heterocycles. The van der Waals surface area contributed by atoms with Gasteiger partial charge in [0.05, 0.1) is 22.4 Å². The van der Waals surface area contributed by atoms with E-state index in [0.29, 0.717) is 33.7 Å². The Morgan fingerprint density at radius 3 is 2.57 bits per heavy atom. The number of ketones is 1. The molecule has 1 amide bonds. The number of benzene rings is 2. The SMILES string of the molecule is C=CCn1c(SCC(=O)c2ccccc2)nnc1[C@@H](C)NC(=O)c1ccccc1Cl. The summed E-state index contributed by atoms with van der Waals surface area (Å²) in [7, 11) is 0. The highest BCUT2D eigenvalue weighted by Crippen LogP contribution is 2.23. The van der Waals surface area contributed by atoms with E-state index < -0.39 is 6.04 Å². The Morgan fingerprint density at radius 1 is 1.17 bits per heavy atom. The summed E-state index contributed by atoms with van der Waals surface area (Å²) in [5, 5.41) is 12.3. The number of nitrogens with zero attached hydrogens (tertiary/aromatic N) is 3. The molecule has 3 aromatic rings. The van der Waals surface area contributed by atoms with E-state index >= 15 is 0 Å².